The molecule has 0 saturated carbocycles. The molecule has 2 rings (SSSR count). The molecule has 5 heteroatoms. The second-order valence-electron chi connectivity index (χ2n) is 5.16. The van der Waals surface area contributed by atoms with Crippen LogP contribution >= 0.6 is 0 Å². The molecule has 0 radical (unpaired) electrons. The summed E-state index contributed by atoms with van der Waals surface area (Å²) in [6.45, 7) is 1.69. The molecule has 0 heterocycles. The number of hydrogen-bond acceptors (Lipinski definition) is 4. The molecular weight excluding hydrogens is 260 g/mol. The lowest BCUT2D eigenvalue weighted by Crippen LogP contribution is -2.43. The third-order valence-corrected chi connectivity index (χ3v) is 5.79. The molecule has 19 heavy (non-hydrogen) atoms. The highest BCUT2D eigenvalue weighted by atomic mass is 32.2. The third-order valence-electron chi connectivity index (χ3n) is 4.00. The van der Waals surface area contributed by atoms with E-state index in [4.69, 9.17) is 5.84 Å². The molecule has 0 aromatic heterocycles. The van der Waals surface area contributed by atoms with Gasteiger partial charge in [-0.1, -0.05) is 31.2 Å². The Morgan fingerprint density at radius 2 is 2.16 bits per heavy atom. The predicted molar refractivity (Wildman–Crippen MR) is 77.6 cm³/mol. The van der Waals surface area contributed by atoms with Crippen molar-refractivity contribution < 1.29 is 8.42 Å². The van der Waals surface area contributed by atoms with Gasteiger partial charge in [-0.05, 0) is 30.4 Å². The van der Waals surface area contributed by atoms with E-state index < -0.39 is 9.84 Å². The van der Waals surface area contributed by atoms with Crippen molar-refractivity contribution in [2.45, 2.75) is 38.1 Å². The van der Waals surface area contributed by atoms with Crippen LogP contribution in [0.1, 0.15) is 36.8 Å². The Kier molecular flexibility index (Phi) is 4.60. The number of hydrazine groups is 1. The zero-order valence-electron chi connectivity index (χ0n) is 11.3. The molecule has 1 aromatic rings. The summed E-state index contributed by atoms with van der Waals surface area (Å²) in [4.78, 5) is 0. The van der Waals surface area contributed by atoms with Crippen LogP contribution < -0.4 is 11.3 Å². The number of rotatable bonds is 7. The van der Waals surface area contributed by atoms with E-state index in [1.807, 2.05) is 12.1 Å². The first-order valence-electron chi connectivity index (χ1n) is 6.81. The van der Waals surface area contributed by atoms with Crippen molar-refractivity contribution in [2.75, 3.05) is 11.5 Å². The smallest absolute Gasteiger partial charge is 0.150 e. The Morgan fingerprint density at radius 3 is 2.79 bits per heavy atom. The van der Waals surface area contributed by atoms with Crippen molar-refractivity contribution in [2.24, 2.45) is 5.84 Å². The minimum atomic E-state index is -2.87. The first kappa shape index (κ1) is 14.5. The highest BCUT2D eigenvalue weighted by Crippen LogP contribution is 2.38. The fraction of sp³-hybridized carbons (Fsp3) is 0.571. The maximum Gasteiger partial charge on any atom is 0.150 e. The normalized spacial score (nSPS) is 19.6. The van der Waals surface area contributed by atoms with Crippen molar-refractivity contribution in [1.29, 1.82) is 0 Å². The molecule has 1 aliphatic carbocycles. The maximum atomic E-state index is 11.5. The largest absolute Gasteiger partial charge is 0.271 e. The molecule has 0 saturated heterocycles. The van der Waals surface area contributed by atoms with E-state index in [2.05, 4.69) is 17.6 Å². The van der Waals surface area contributed by atoms with Gasteiger partial charge in [-0.3, -0.25) is 11.3 Å². The van der Waals surface area contributed by atoms with Crippen LogP contribution in [0.15, 0.2) is 24.3 Å². The summed E-state index contributed by atoms with van der Waals surface area (Å²) >= 11 is 0. The summed E-state index contributed by atoms with van der Waals surface area (Å²) in [5.41, 5.74) is 5.59. The van der Waals surface area contributed by atoms with Crippen molar-refractivity contribution in [1.82, 2.24) is 5.43 Å². The average molecular weight is 282 g/mol. The van der Waals surface area contributed by atoms with E-state index in [1.165, 1.54) is 11.1 Å². The summed E-state index contributed by atoms with van der Waals surface area (Å²) < 4.78 is 22.9. The van der Waals surface area contributed by atoms with Gasteiger partial charge in [0.15, 0.2) is 0 Å². The fourth-order valence-corrected chi connectivity index (χ4v) is 3.62. The van der Waals surface area contributed by atoms with Crippen molar-refractivity contribution in [3.05, 3.63) is 35.4 Å². The summed E-state index contributed by atoms with van der Waals surface area (Å²) in [6, 6.07) is 8.53. The molecule has 106 valence electrons. The minimum Gasteiger partial charge on any atom is -0.271 e. The van der Waals surface area contributed by atoms with E-state index in [0.29, 0.717) is 12.3 Å². The molecule has 0 bridgehead atoms. The van der Waals surface area contributed by atoms with Gasteiger partial charge >= 0.3 is 0 Å². The second kappa shape index (κ2) is 6.03. The Labute approximate surface area is 115 Å². The Hall–Kier alpha value is -0.910. The van der Waals surface area contributed by atoms with Crippen molar-refractivity contribution >= 4 is 9.84 Å². The van der Waals surface area contributed by atoms with Crippen LogP contribution in [0, 0.1) is 0 Å². The Morgan fingerprint density at radius 1 is 1.42 bits per heavy atom. The zero-order valence-corrected chi connectivity index (χ0v) is 12.1. The lowest BCUT2D eigenvalue weighted by molar-refractivity contribution is 0.382. The predicted octanol–water partition coefficient (Wildman–Crippen LogP) is 1.37. The van der Waals surface area contributed by atoms with Crippen molar-refractivity contribution in [3.63, 3.8) is 0 Å². The lowest BCUT2D eigenvalue weighted by atomic mass is 9.72. The fourth-order valence-electron chi connectivity index (χ4n) is 2.72. The third kappa shape index (κ3) is 3.35. The molecule has 2 unspecified atom stereocenters. The summed E-state index contributed by atoms with van der Waals surface area (Å²) in [6.07, 6.45) is 2.50. The number of sulfone groups is 1. The van der Waals surface area contributed by atoms with Gasteiger partial charge < -0.3 is 0 Å². The first-order valence-corrected chi connectivity index (χ1v) is 8.64. The van der Waals surface area contributed by atoms with Crippen LogP contribution in [0.3, 0.4) is 0 Å². The molecular formula is C14H22N2O2S. The van der Waals surface area contributed by atoms with Crippen LogP contribution in [-0.4, -0.2) is 26.0 Å². The van der Waals surface area contributed by atoms with Gasteiger partial charge in [-0.15, -0.1) is 0 Å². The van der Waals surface area contributed by atoms with Crippen LogP contribution in [-0.2, 0) is 16.3 Å². The number of nitrogens with one attached hydrogen (secondary N) is 1. The molecule has 3 N–H and O–H groups in total. The first-order chi connectivity index (χ1) is 9.07. The topological polar surface area (TPSA) is 72.2 Å². The van der Waals surface area contributed by atoms with E-state index in [9.17, 15) is 8.42 Å². The van der Waals surface area contributed by atoms with Gasteiger partial charge in [0.05, 0.1) is 5.75 Å². The van der Waals surface area contributed by atoms with Gasteiger partial charge in [0, 0.05) is 17.7 Å². The second-order valence-corrected chi connectivity index (χ2v) is 7.63. The van der Waals surface area contributed by atoms with E-state index in [1.54, 1.807) is 6.92 Å². The quantitative estimate of drug-likeness (QED) is 0.585. The average Bonchev–Trinajstić information content (AvgIpc) is 2.38. The summed E-state index contributed by atoms with van der Waals surface area (Å²) in [7, 11) is -2.87. The van der Waals surface area contributed by atoms with Crippen LogP contribution in [0.25, 0.3) is 0 Å². The number of fused-ring (bicyclic) bond motifs is 1. The van der Waals surface area contributed by atoms with Crippen LogP contribution in [0.5, 0.6) is 0 Å². The maximum absolute atomic E-state index is 11.5. The van der Waals surface area contributed by atoms with E-state index in [-0.39, 0.29) is 17.5 Å². The Bertz CT molecular complexity index is 528. The number of hydrogen-bond donors (Lipinski definition) is 2. The molecule has 4 nitrogen and oxygen atoms in total. The molecule has 1 aliphatic rings. The molecule has 0 fully saturated rings. The monoisotopic (exact) mass is 282 g/mol. The van der Waals surface area contributed by atoms with Gasteiger partial charge in [0.1, 0.15) is 9.84 Å². The molecule has 2 atom stereocenters. The zero-order chi connectivity index (χ0) is 13.9. The van der Waals surface area contributed by atoms with Gasteiger partial charge in [-0.25, -0.2) is 8.42 Å². The molecule has 0 aliphatic heterocycles. The summed E-state index contributed by atoms with van der Waals surface area (Å²) in [5, 5.41) is 0. The number of nitrogens with two attached hydrogens (primary N) is 1. The standard InChI is InChI=1S/C14H22N2O2S/c1-2-19(17,18)9-5-8-14(16-15)13-10-11-6-3-4-7-12(11)13/h3-4,6-7,13-14,16H,2,5,8-10,15H2,1H3. The van der Waals surface area contributed by atoms with Gasteiger partial charge in [0.2, 0.25) is 0 Å². The lowest BCUT2D eigenvalue weighted by Gasteiger charge is -2.36. The van der Waals surface area contributed by atoms with Crippen LogP contribution in [0.2, 0.25) is 0 Å². The molecule has 1 aromatic carbocycles. The summed E-state index contributed by atoms with van der Waals surface area (Å²) in [5.74, 6) is 6.53. The van der Waals surface area contributed by atoms with Gasteiger partial charge in [-0.2, -0.15) is 0 Å². The highest BCUT2D eigenvalue weighted by molar-refractivity contribution is 7.91. The van der Waals surface area contributed by atoms with Crippen LogP contribution in [0.4, 0.5) is 0 Å². The van der Waals surface area contributed by atoms with E-state index >= 15 is 0 Å². The molecule has 0 amide bonds. The SMILES string of the molecule is CCS(=O)(=O)CCCC(NN)C1Cc2ccccc21. The van der Waals surface area contributed by atoms with Gasteiger partial charge in [0.25, 0.3) is 0 Å². The van der Waals surface area contributed by atoms with E-state index in [0.717, 1.165) is 12.8 Å². The molecule has 0 spiro atoms. The highest BCUT2D eigenvalue weighted by Gasteiger charge is 2.31. The minimum absolute atomic E-state index is 0.168. The number of benzene rings is 1. The van der Waals surface area contributed by atoms with Crippen molar-refractivity contribution in [3.8, 4) is 0 Å². The Balaban J connectivity index is 1.89.